The highest BCUT2D eigenvalue weighted by molar-refractivity contribution is 6.35. The maximum absolute atomic E-state index is 12.3. The summed E-state index contributed by atoms with van der Waals surface area (Å²) in [6.45, 7) is 3.56. The molecule has 1 heterocycles. The highest BCUT2D eigenvalue weighted by Crippen LogP contribution is 2.20. The monoisotopic (exact) mass is 246 g/mol. The molecule has 0 bridgehead atoms. The molecule has 2 aromatic rings. The molecule has 2 rings (SSSR count). The molecule has 0 aliphatic rings. The van der Waals surface area contributed by atoms with E-state index in [1.807, 2.05) is 0 Å². The van der Waals surface area contributed by atoms with E-state index in [1.54, 1.807) is 44.2 Å². The summed E-state index contributed by atoms with van der Waals surface area (Å²) in [4.78, 5) is 12.3. The standard InChI is InChI=1S/C13H11ClN2O/c1-8-7-11(9(2)16-15-8)13(17)10-5-3-4-6-12(10)14/h3-7H,1-2H3. The van der Waals surface area contributed by atoms with Gasteiger partial charge in [0.2, 0.25) is 0 Å². The summed E-state index contributed by atoms with van der Waals surface area (Å²) in [5.74, 6) is -0.119. The average molecular weight is 247 g/mol. The molecule has 0 saturated heterocycles. The van der Waals surface area contributed by atoms with Gasteiger partial charge in [0.1, 0.15) is 0 Å². The van der Waals surface area contributed by atoms with Crippen molar-refractivity contribution in [3.63, 3.8) is 0 Å². The predicted octanol–water partition coefficient (Wildman–Crippen LogP) is 2.98. The van der Waals surface area contributed by atoms with E-state index in [-0.39, 0.29) is 5.78 Å². The van der Waals surface area contributed by atoms with Crippen LogP contribution in [0.5, 0.6) is 0 Å². The molecule has 0 N–H and O–H groups in total. The maximum Gasteiger partial charge on any atom is 0.196 e. The van der Waals surface area contributed by atoms with Gasteiger partial charge in [-0.3, -0.25) is 4.79 Å². The molecule has 1 aromatic carbocycles. The molecular formula is C13H11ClN2O. The van der Waals surface area contributed by atoms with Crippen molar-refractivity contribution in [3.8, 4) is 0 Å². The van der Waals surface area contributed by atoms with Gasteiger partial charge in [-0.1, -0.05) is 23.7 Å². The SMILES string of the molecule is Cc1cc(C(=O)c2ccccc2Cl)c(C)nn1. The first-order chi connectivity index (χ1) is 8.09. The van der Waals surface area contributed by atoms with Gasteiger partial charge in [-0.15, -0.1) is 0 Å². The lowest BCUT2D eigenvalue weighted by Gasteiger charge is -2.06. The fourth-order valence-electron chi connectivity index (χ4n) is 1.57. The minimum absolute atomic E-state index is 0.119. The highest BCUT2D eigenvalue weighted by atomic mass is 35.5. The Morgan fingerprint density at radius 1 is 1.12 bits per heavy atom. The number of ketones is 1. The van der Waals surface area contributed by atoms with Crippen molar-refractivity contribution < 1.29 is 4.79 Å². The van der Waals surface area contributed by atoms with Crippen molar-refractivity contribution in [1.82, 2.24) is 10.2 Å². The van der Waals surface area contributed by atoms with Crippen LogP contribution in [0.2, 0.25) is 5.02 Å². The molecule has 4 heteroatoms. The Balaban J connectivity index is 2.51. The predicted molar refractivity (Wildman–Crippen MR) is 66.4 cm³/mol. The molecule has 0 amide bonds. The molecular weight excluding hydrogens is 236 g/mol. The van der Waals surface area contributed by atoms with Gasteiger partial charge in [-0.25, -0.2) is 0 Å². The summed E-state index contributed by atoms with van der Waals surface area (Å²) in [7, 11) is 0. The van der Waals surface area contributed by atoms with E-state index in [0.717, 1.165) is 0 Å². The zero-order valence-corrected chi connectivity index (χ0v) is 10.3. The third kappa shape index (κ3) is 2.34. The van der Waals surface area contributed by atoms with Crippen molar-refractivity contribution in [1.29, 1.82) is 0 Å². The quantitative estimate of drug-likeness (QED) is 0.765. The summed E-state index contributed by atoms with van der Waals surface area (Å²) in [5.41, 5.74) is 2.36. The Morgan fingerprint density at radius 3 is 2.53 bits per heavy atom. The van der Waals surface area contributed by atoms with Crippen LogP contribution in [-0.4, -0.2) is 16.0 Å². The van der Waals surface area contributed by atoms with Crippen molar-refractivity contribution in [2.45, 2.75) is 13.8 Å². The number of aryl methyl sites for hydroxylation is 2. The van der Waals surface area contributed by atoms with Crippen molar-refractivity contribution >= 4 is 17.4 Å². The largest absolute Gasteiger partial charge is 0.288 e. The van der Waals surface area contributed by atoms with E-state index in [4.69, 9.17) is 11.6 Å². The van der Waals surface area contributed by atoms with E-state index >= 15 is 0 Å². The number of aromatic nitrogens is 2. The van der Waals surface area contributed by atoms with E-state index in [1.165, 1.54) is 0 Å². The Bertz CT molecular complexity index is 581. The number of hydrogen-bond acceptors (Lipinski definition) is 3. The van der Waals surface area contributed by atoms with Crippen LogP contribution in [0.1, 0.15) is 27.3 Å². The lowest BCUT2D eigenvalue weighted by atomic mass is 10.0. The highest BCUT2D eigenvalue weighted by Gasteiger charge is 2.15. The van der Waals surface area contributed by atoms with E-state index in [9.17, 15) is 4.79 Å². The van der Waals surface area contributed by atoms with Crippen molar-refractivity contribution in [3.05, 3.63) is 57.9 Å². The number of carbonyl (C=O) groups is 1. The van der Waals surface area contributed by atoms with Crippen LogP contribution >= 0.6 is 11.6 Å². The molecule has 0 saturated carbocycles. The van der Waals surface area contributed by atoms with Gasteiger partial charge >= 0.3 is 0 Å². The molecule has 17 heavy (non-hydrogen) atoms. The van der Waals surface area contributed by atoms with Crippen LogP contribution < -0.4 is 0 Å². The summed E-state index contributed by atoms with van der Waals surface area (Å²) in [6, 6.07) is 8.72. The molecule has 0 aliphatic heterocycles. The maximum atomic E-state index is 12.3. The van der Waals surface area contributed by atoms with Gasteiger partial charge in [0.05, 0.1) is 16.4 Å². The molecule has 0 atom stereocenters. The minimum atomic E-state index is -0.119. The number of hydrogen-bond donors (Lipinski definition) is 0. The van der Waals surface area contributed by atoms with E-state index in [2.05, 4.69) is 10.2 Å². The van der Waals surface area contributed by atoms with Gasteiger partial charge in [0.15, 0.2) is 5.78 Å². The third-order valence-corrected chi connectivity index (χ3v) is 2.79. The summed E-state index contributed by atoms with van der Waals surface area (Å²) >= 11 is 6.00. The topological polar surface area (TPSA) is 42.9 Å². The van der Waals surface area contributed by atoms with Crippen LogP contribution in [0.4, 0.5) is 0 Å². The van der Waals surface area contributed by atoms with Gasteiger partial charge < -0.3 is 0 Å². The fraction of sp³-hybridized carbons (Fsp3) is 0.154. The number of carbonyl (C=O) groups excluding carboxylic acids is 1. The van der Waals surface area contributed by atoms with E-state index < -0.39 is 0 Å². The zero-order valence-electron chi connectivity index (χ0n) is 9.57. The summed E-state index contributed by atoms with van der Waals surface area (Å²) in [6.07, 6.45) is 0. The fourth-order valence-corrected chi connectivity index (χ4v) is 1.79. The van der Waals surface area contributed by atoms with Crippen LogP contribution in [0.25, 0.3) is 0 Å². The summed E-state index contributed by atoms with van der Waals surface area (Å²) < 4.78 is 0. The normalized spacial score (nSPS) is 10.3. The van der Waals surface area contributed by atoms with Gasteiger partial charge in [0.25, 0.3) is 0 Å². The van der Waals surface area contributed by atoms with Crippen LogP contribution in [0.3, 0.4) is 0 Å². The number of benzene rings is 1. The molecule has 3 nitrogen and oxygen atoms in total. The van der Waals surface area contributed by atoms with Gasteiger partial charge in [0, 0.05) is 11.1 Å². The van der Waals surface area contributed by atoms with Crippen molar-refractivity contribution in [2.24, 2.45) is 0 Å². The smallest absolute Gasteiger partial charge is 0.196 e. The first-order valence-electron chi connectivity index (χ1n) is 5.20. The van der Waals surface area contributed by atoms with E-state index in [0.29, 0.717) is 27.5 Å². The average Bonchev–Trinajstić information content (AvgIpc) is 2.32. The second-order valence-corrected chi connectivity index (χ2v) is 4.20. The zero-order chi connectivity index (χ0) is 12.4. The summed E-state index contributed by atoms with van der Waals surface area (Å²) in [5, 5.41) is 8.29. The number of rotatable bonds is 2. The number of nitrogens with zero attached hydrogens (tertiary/aromatic N) is 2. The molecule has 0 radical (unpaired) electrons. The van der Waals surface area contributed by atoms with Crippen LogP contribution in [0.15, 0.2) is 30.3 Å². The molecule has 0 spiro atoms. The van der Waals surface area contributed by atoms with Crippen LogP contribution in [0, 0.1) is 13.8 Å². The van der Waals surface area contributed by atoms with Gasteiger partial charge in [-0.2, -0.15) is 10.2 Å². The molecule has 0 unspecified atom stereocenters. The molecule has 86 valence electrons. The second kappa shape index (κ2) is 4.63. The number of halogens is 1. The molecule has 0 fully saturated rings. The lowest BCUT2D eigenvalue weighted by molar-refractivity contribution is 0.103. The third-order valence-electron chi connectivity index (χ3n) is 2.46. The Morgan fingerprint density at radius 2 is 1.82 bits per heavy atom. The second-order valence-electron chi connectivity index (χ2n) is 3.79. The van der Waals surface area contributed by atoms with Crippen LogP contribution in [-0.2, 0) is 0 Å². The van der Waals surface area contributed by atoms with Gasteiger partial charge in [-0.05, 0) is 32.0 Å². The Kier molecular flexibility index (Phi) is 3.20. The first-order valence-corrected chi connectivity index (χ1v) is 5.57. The first kappa shape index (κ1) is 11.7. The Hall–Kier alpha value is -1.74. The molecule has 0 aliphatic carbocycles. The van der Waals surface area contributed by atoms with Crippen molar-refractivity contribution in [2.75, 3.05) is 0 Å². The Labute approximate surface area is 104 Å². The lowest BCUT2D eigenvalue weighted by Crippen LogP contribution is -2.07. The molecule has 1 aromatic heterocycles. The minimum Gasteiger partial charge on any atom is -0.288 e.